The van der Waals surface area contributed by atoms with E-state index in [4.69, 9.17) is 5.73 Å². The van der Waals surface area contributed by atoms with Crippen LogP contribution in [0.5, 0.6) is 0 Å². The van der Waals surface area contributed by atoms with E-state index in [1.807, 2.05) is 11.4 Å². The van der Waals surface area contributed by atoms with Gasteiger partial charge in [-0.3, -0.25) is 4.79 Å². The maximum atomic E-state index is 12.9. The molecular formula is C17H22ClN3O3S2. The van der Waals surface area contributed by atoms with Crippen LogP contribution in [-0.2, 0) is 23.0 Å². The van der Waals surface area contributed by atoms with Crippen LogP contribution in [-0.4, -0.2) is 38.3 Å². The minimum absolute atomic E-state index is 0. The summed E-state index contributed by atoms with van der Waals surface area (Å²) in [6.07, 6.45) is 1.41. The molecule has 2 heterocycles. The number of carbonyl (C=O) groups excluding carboxylic acids is 1. The fourth-order valence-corrected chi connectivity index (χ4v) is 5.14. The molecule has 1 amide bonds. The molecule has 0 spiro atoms. The number of rotatable bonds is 6. The van der Waals surface area contributed by atoms with Crippen LogP contribution >= 0.6 is 23.7 Å². The molecule has 0 fully saturated rings. The number of nitrogens with one attached hydrogen (secondary N) is 1. The van der Waals surface area contributed by atoms with Crippen LogP contribution in [0.4, 0.5) is 0 Å². The number of nitrogens with zero attached hydrogens (tertiary/aromatic N) is 1. The molecule has 1 aliphatic rings. The number of sulfonamides is 1. The Bertz CT molecular complexity index is 868. The average molecular weight is 416 g/mol. The summed E-state index contributed by atoms with van der Waals surface area (Å²) in [6.45, 7) is 1.81. The highest BCUT2D eigenvalue weighted by atomic mass is 35.5. The van der Waals surface area contributed by atoms with Crippen molar-refractivity contribution in [1.29, 1.82) is 0 Å². The summed E-state index contributed by atoms with van der Waals surface area (Å²) in [5.41, 5.74) is 6.81. The van der Waals surface area contributed by atoms with Gasteiger partial charge >= 0.3 is 0 Å². The topological polar surface area (TPSA) is 92.5 Å². The number of hydrogen-bond acceptors (Lipinski definition) is 5. The van der Waals surface area contributed by atoms with Crippen LogP contribution in [0.25, 0.3) is 0 Å². The van der Waals surface area contributed by atoms with E-state index in [1.165, 1.54) is 21.3 Å². The molecule has 2 aromatic rings. The quantitative estimate of drug-likeness (QED) is 0.705. The Kier molecular flexibility index (Phi) is 7.19. The summed E-state index contributed by atoms with van der Waals surface area (Å²) in [7, 11) is -3.63. The van der Waals surface area contributed by atoms with E-state index in [9.17, 15) is 13.2 Å². The third-order valence-corrected chi connectivity index (χ3v) is 7.04. The van der Waals surface area contributed by atoms with Crippen molar-refractivity contribution in [2.75, 3.05) is 19.6 Å². The number of nitrogens with two attached hydrogens (primary N) is 1. The van der Waals surface area contributed by atoms with Crippen LogP contribution in [0.2, 0.25) is 0 Å². The van der Waals surface area contributed by atoms with Crippen molar-refractivity contribution < 1.29 is 13.2 Å². The van der Waals surface area contributed by atoms with Crippen LogP contribution < -0.4 is 11.1 Å². The lowest BCUT2D eigenvalue weighted by molar-refractivity contribution is 0.0953. The van der Waals surface area contributed by atoms with Gasteiger partial charge in [-0.05, 0) is 54.6 Å². The standard InChI is InChI=1S/C17H21N3O3S2.ClH/c18-7-2-8-19-17(21)13-3-1-4-15(11-13)25(22,23)20-9-5-16-14(12-20)6-10-24-16;/h1,3-4,6,10-11H,2,5,7-9,12,18H2,(H,19,21);1H. The molecule has 1 aromatic carbocycles. The van der Waals surface area contributed by atoms with Gasteiger partial charge in [0.05, 0.1) is 4.90 Å². The number of halogens is 1. The number of hydrogen-bond donors (Lipinski definition) is 2. The third kappa shape index (κ3) is 4.44. The lowest BCUT2D eigenvalue weighted by Crippen LogP contribution is -2.35. The van der Waals surface area contributed by atoms with Gasteiger partial charge in [-0.2, -0.15) is 4.31 Å². The second kappa shape index (κ2) is 8.96. The molecule has 26 heavy (non-hydrogen) atoms. The second-order valence-corrected chi connectivity index (χ2v) is 8.82. The molecule has 0 saturated heterocycles. The summed E-state index contributed by atoms with van der Waals surface area (Å²) in [6, 6.07) is 8.17. The van der Waals surface area contributed by atoms with Gasteiger partial charge in [0.25, 0.3) is 5.91 Å². The Balaban J connectivity index is 0.00000243. The molecule has 142 valence electrons. The first kappa shape index (κ1) is 20.9. The Morgan fingerprint density at radius 2 is 2.12 bits per heavy atom. The highest BCUT2D eigenvalue weighted by molar-refractivity contribution is 7.89. The minimum Gasteiger partial charge on any atom is -0.352 e. The summed E-state index contributed by atoms with van der Waals surface area (Å²) < 4.78 is 27.4. The van der Waals surface area contributed by atoms with Crippen LogP contribution in [0.15, 0.2) is 40.6 Å². The van der Waals surface area contributed by atoms with E-state index in [0.29, 0.717) is 38.2 Å². The number of fused-ring (bicyclic) bond motifs is 1. The van der Waals surface area contributed by atoms with E-state index in [1.54, 1.807) is 23.5 Å². The van der Waals surface area contributed by atoms with E-state index in [2.05, 4.69) is 5.32 Å². The monoisotopic (exact) mass is 415 g/mol. The maximum absolute atomic E-state index is 12.9. The van der Waals surface area contributed by atoms with Crippen molar-refractivity contribution in [3.8, 4) is 0 Å². The van der Waals surface area contributed by atoms with Gasteiger partial charge in [0.15, 0.2) is 0 Å². The third-order valence-electron chi connectivity index (χ3n) is 4.17. The number of carbonyl (C=O) groups is 1. The van der Waals surface area contributed by atoms with Gasteiger partial charge in [0.2, 0.25) is 10.0 Å². The molecule has 3 rings (SSSR count). The molecule has 0 bridgehead atoms. The molecule has 1 aliphatic heterocycles. The first-order valence-corrected chi connectivity index (χ1v) is 10.5. The van der Waals surface area contributed by atoms with Crippen molar-refractivity contribution in [3.05, 3.63) is 51.7 Å². The lowest BCUT2D eigenvalue weighted by atomic mass is 10.1. The largest absolute Gasteiger partial charge is 0.352 e. The molecule has 0 atom stereocenters. The zero-order valence-electron chi connectivity index (χ0n) is 14.2. The average Bonchev–Trinajstić information content (AvgIpc) is 3.09. The zero-order chi connectivity index (χ0) is 17.9. The van der Waals surface area contributed by atoms with Crippen LogP contribution in [0.3, 0.4) is 0 Å². The minimum atomic E-state index is -3.63. The van der Waals surface area contributed by atoms with E-state index < -0.39 is 10.0 Å². The number of benzene rings is 1. The van der Waals surface area contributed by atoms with E-state index >= 15 is 0 Å². The van der Waals surface area contributed by atoms with Gasteiger partial charge in [0.1, 0.15) is 0 Å². The maximum Gasteiger partial charge on any atom is 0.251 e. The molecule has 3 N–H and O–H groups in total. The molecule has 6 nitrogen and oxygen atoms in total. The van der Waals surface area contributed by atoms with Gasteiger partial charge in [-0.15, -0.1) is 23.7 Å². The Morgan fingerprint density at radius 3 is 2.88 bits per heavy atom. The van der Waals surface area contributed by atoms with E-state index in [-0.39, 0.29) is 23.2 Å². The summed E-state index contributed by atoms with van der Waals surface area (Å²) in [4.78, 5) is 13.5. The molecule has 0 aliphatic carbocycles. The number of thiophene rings is 1. The zero-order valence-corrected chi connectivity index (χ0v) is 16.6. The highest BCUT2D eigenvalue weighted by Crippen LogP contribution is 2.28. The first-order chi connectivity index (χ1) is 12.0. The lowest BCUT2D eigenvalue weighted by Gasteiger charge is -2.26. The van der Waals surface area contributed by atoms with E-state index in [0.717, 1.165) is 12.0 Å². The fourth-order valence-electron chi connectivity index (χ4n) is 2.78. The van der Waals surface area contributed by atoms with Crippen LogP contribution in [0, 0.1) is 0 Å². The van der Waals surface area contributed by atoms with Crippen molar-refractivity contribution in [2.24, 2.45) is 5.73 Å². The van der Waals surface area contributed by atoms with Crippen molar-refractivity contribution in [2.45, 2.75) is 24.3 Å². The summed E-state index contributed by atoms with van der Waals surface area (Å²) in [5.74, 6) is -0.288. The summed E-state index contributed by atoms with van der Waals surface area (Å²) >= 11 is 1.67. The summed E-state index contributed by atoms with van der Waals surface area (Å²) in [5, 5.41) is 4.73. The van der Waals surface area contributed by atoms with Gasteiger partial charge in [-0.1, -0.05) is 6.07 Å². The van der Waals surface area contributed by atoms with Gasteiger partial charge in [0, 0.05) is 30.1 Å². The Morgan fingerprint density at radius 1 is 1.31 bits per heavy atom. The van der Waals surface area contributed by atoms with Crippen molar-refractivity contribution in [1.82, 2.24) is 9.62 Å². The molecule has 0 unspecified atom stereocenters. The van der Waals surface area contributed by atoms with Gasteiger partial charge in [-0.25, -0.2) is 8.42 Å². The van der Waals surface area contributed by atoms with Crippen LogP contribution in [0.1, 0.15) is 27.2 Å². The molecule has 1 aromatic heterocycles. The SMILES string of the molecule is Cl.NCCCNC(=O)c1cccc(S(=O)(=O)N2CCc3sccc3C2)c1. The molecule has 9 heteroatoms. The van der Waals surface area contributed by atoms with Gasteiger partial charge < -0.3 is 11.1 Å². The van der Waals surface area contributed by atoms with Crippen molar-refractivity contribution in [3.63, 3.8) is 0 Å². The fraction of sp³-hybridized carbons (Fsp3) is 0.353. The molecule has 0 radical (unpaired) electrons. The predicted octanol–water partition coefficient (Wildman–Crippen LogP) is 2.00. The smallest absolute Gasteiger partial charge is 0.251 e. The Hall–Kier alpha value is -1.45. The normalized spacial score (nSPS) is 14.3. The number of amides is 1. The molecule has 0 saturated carbocycles. The first-order valence-electron chi connectivity index (χ1n) is 8.16. The Labute approximate surface area is 163 Å². The predicted molar refractivity (Wildman–Crippen MR) is 105 cm³/mol. The molecular weight excluding hydrogens is 394 g/mol. The van der Waals surface area contributed by atoms with Crippen molar-refractivity contribution >= 4 is 39.7 Å². The highest BCUT2D eigenvalue weighted by Gasteiger charge is 2.29. The second-order valence-electron chi connectivity index (χ2n) is 5.88.